The molecule has 2 rings (SSSR count). The molecule has 0 radical (unpaired) electrons. The van der Waals surface area contributed by atoms with Crippen LogP contribution in [0.5, 0.6) is 0 Å². The Morgan fingerprint density at radius 2 is 2.14 bits per heavy atom. The normalized spacial score (nSPS) is 47.9. The first-order valence-corrected chi connectivity index (χ1v) is 5.62. The Morgan fingerprint density at radius 1 is 1.43 bits per heavy atom. The predicted octanol–water partition coefficient (Wildman–Crippen LogP) is 1.29. The van der Waals surface area contributed by atoms with Gasteiger partial charge in [0.15, 0.2) is 0 Å². The smallest absolute Gasteiger partial charge is 0.130 e. The van der Waals surface area contributed by atoms with E-state index in [1.165, 1.54) is 19.3 Å². The van der Waals surface area contributed by atoms with Crippen LogP contribution in [0.4, 0.5) is 0 Å². The van der Waals surface area contributed by atoms with E-state index in [0.29, 0.717) is 18.5 Å². The van der Waals surface area contributed by atoms with Gasteiger partial charge in [0.25, 0.3) is 0 Å². The zero-order valence-corrected chi connectivity index (χ0v) is 8.79. The Labute approximate surface area is 86.1 Å². The van der Waals surface area contributed by atoms with Crippen LogP contribution in [0.3, 0.4) is 0 Å². The van der Waals surface area contributed by atoms with Gasteiger partial charge in [0.2, 0.25) is 0 Å². The lowest BCUT2D eigenvalue weighted by Crippen LogP contribution is -2.59. The largest absolute Gasteiger partial charge is 0.377 e. The molecule has 2 heteroatoms. The molecule has 1 aliphatic carbocycles. The summed E-state index contributed by atoms with van der Waals surface area (Å²) < 4.78 is 0. The fourth-order valence-electron chi connectivity index (χ4n) is 3.11. The van der Waals surface area contributed by atoms with Gasteiger partial charge < -0.3 is 10.4 Å². The van der Waals surface area contributed by atoms with Crippen molar-refractivity contribution < 1.29 is 5.11 Å². The van der Waals surface area contributed by atoms with Crippen molar-refractivity contribution in [2.24, 2.45) is 5.92 Å². The average molecular weight is 193 g/mol. The highest BCUT2D eigenvalue weighted by Crippen LogP contribution is 2.38. The van der Waals surface area contributed by atoms with Crippen molar-refractivity contribution in [3.05, 3.63) is 0 Å². The molecule has 0 unspecified atom stereocenters. The molecule has 78 valence electrons. The lowest BCUT2D eigenvalue weighted by molar-refractivity contribution is -0.0384. The molecule has 0 aromatic rings. The van der Waals surface area contributed by atoms with Crippen molar-refractivity contribution in [1.82, 2.24) is 5.32 Å². The number of rotatable bonds is 0. The number of hydrogen-bond donors (Lipinski definition) is 2. The molecule has 1 saturated heterocycles. The molecule has 1 saturated carbocycles. The molecule has 2 fully saturated rings. The van der Waals surface area contributed by atoms with Gasteiger partial charge in [0.05, 0.1) is 0 Å². The van der Waals surface area contributed by atoms with Crippen molar-refractivity contribution in [2.45, 2.75) is 56.7 Å². The Hall–Kier alpha value is -0.520. The van der Waals surface area contributed by atoms with E-state index in [9.17, 15) is 5.11 Å². The fourth-order valence-corrected chi connectivity index (χ4v) is 3.11. The third kappa shape index (κ3) is 1.55. The van der Waals surface area contributed by atoms with Crippen LogP contribution < -0.4 is 5.32 Å². The van der Waals surface area contributed by atoms with E-state index < -0.39 is 5.60 Å². The van der Waals surface area contributed by atoms with Gasteiger partial charge in [-0.1, -0.05) is 18.8 Å². The van der Waals surface area contributed by atoms with Crippen molar-refractivity contribution in [2.75, 3.05) is 0 Å². The molecule has 14 heavy (non-hydrogen) atoms. The van der Waals surface area contributed by atoms with Crippen LogP contribution in [-0.4, -0.2) is 22.8 Å². The maximum absolute atomic E-state index is 10.4. The molecule has 2 aliphatic rings. The molecule has 2 nitrogen and oxygen atoms in total. The molecule has 0 bridgehead atoms. The highest BCUT2D eigenvalue weighted by Gasteiger charge is 2.45. The summed E-state index contributed by atoms with van der Waals surface area (Å²) in [5, 5.41) is 13.9. The highest BCUT2D eigenvalue weighted by atomic mass is 16.3. The van der Waals surface area contributed by atoms with Crippen LogP contribution in [0.2, 0.25) is 0 Å². The first-order chi connectivity index (χ1) is 6.65. The lowest BCUT2D eigenvalue weighted by atomic mass is 9.69. The topological polar surface area (TPSA) is 32.3 Å². The van der Waals surface area contributed by atoms with Crippen LogP contribution in [0.15, 0.2) is 0 Å². The second-order valence-electron chi connectivity index (χ2n) is 4.84. The van der Waals surface area contributed by atoms with E-state index in [4.69, 9.17) is 6.42 Å². The van der Waals surface area contributed by atoms with Crippen molar-refractivity contribution in [3.63, 3.8) is 0 Å². The first-order valence-electron chi connectivity index (χ1n) is 5.62. The van der Waals surface area contributed by atoms with Crippen LogP contribution >= 0.6 is 0 Å². The van der Waals surface area contributed by atoms with Gasteiger partial charge in [-0.2, -0.15) is 0 Å². The van der Waals surface area contributed by atoms with Crippen LogP contribution in [0.1, 0.15) is 39.0 Å². The number of piperidine rings is 1. The summed E-state index contributed by atoms with van der Waals surface area (Å²) in [6, 6.07) is 0.781. The molecular formula is C12H19NO. The standard InChI is InChI=1S/C12H19NO/c1-3-12(14)8-9(2)13-11-7-5-4-6-10(11)12/h1,9-11,13-14H,4-8H2,2H3/t9-,10+,11-,12-/m0/s1. The lowest BCUT2D eigenvalue weighted by Gasteiger charge is -2.47. The summed E-state index contributed by atoms with van der Waals surface area (Å²) in [4.78, 5) is 0. The summed E-state index contributed by atoms with van der Waals surface area (Å²) in [6.07, 6.45) is 10.9. The third-order valence-electron chi connectivity index (χ3n) is 3.75. The number of nitrogens with one attached hydrogen (secondary N) is 1. The molecule has 1 heterocycles. The van der Waals surface area contributed by atoms with Gasteiger partial charge in [-0.3, -0.25) is 0 Å². The fraction of sp³-hybridized carbons (Fsp3) is 0.833. The Kier molecular flexibility index (Phi) is 2.55. The molecule has 0 amide bonds. The van der Waals surface area contributed by atoms with Gasteiger partial charge in [0.1, 0.15) is 5.60 Å². The minimum absolute atomic E-state index is 0.275. The third-order valence-corrected chi connectivity index (χ3v) is 3.75. The Morgan fingerprint density at radius 3 is 2.86 bits per heavy atom. The van der Waals surface area contributed by atoms with Gasteiger partial charge in [0, 0.05) is 24.4 Å². The van der Waals surface area contributed by atoms with E-state index in [-0.39, 0.29) is 5.92 Å². The summed E-state index contributed by atoms with van der Waals surface area (Å²) >= 11 is 0. The molecule has 4 atom stereocenters. The summed E-state index contributed by atoms with van der Waals surface area (Å²) in [5.41, 5.74) is -0.851. The zero-order valence-electron chi connectivity index (χ0n) is 8.79. The number of aliphatic hydroxyl groups is 1. The molecular weight excluding hydrogens is 174 g/mol. The van der Waals surface area contributed by atoms with E-state index in [2.05, 4.69) is 18.2 Å². The van der Waals surface area contributed by atoms with Gasteiger partial charge in [-0.05, 0) is 19.8 Å². The minimum atomic E-state index is -0.851. The zero-order chi connectivity index (χ0) is 10.2. The van der Waals surface area contributed by atoms with Crippen molar-refractivity contribution >= 4 is 0 Å². The monoisotopic (exact) mass is 193 g/mol. The molecule has 2 N–H and O–H groups in total. The van der Waals surface area contributed by atoms with Crippen LogP contribution in [0, 0.1) is 18.3 Å². The molecule has 0 aromatic carbocycles. The van der Waals surface area contributed by atoms with Gasteiger partial charge >= 0.3 is 0 Å². The van der Waals surface area contributed by atoms with Gasteiger partial charge in [-0.25, -0.2) is 0 Å². The maximum atomic E-state index is 10.4. The van der Waals surface area contributed by atoms with E-state index in [1.54, 1.807) is 0 Å². The van der Waals surface area contributed by atoms with Crippen molar-refractivity contribution in [3.8, 4) is 12.3 Å². The molecule has 0 aromatic heterocycles. The second-order valence-corrected chi connectivity index (χ2v) is 4.84. The molecule has 1 aliphatic heterocycles. The first kappa shape index (κ1) is 10.0. The maximum Gasteiger partial charge on any atom is 0.130 e. The number of terminal acetylenes is 1. The summed E-state index contributed by atoms with van der Waals surface area (Å²) in [5.74, 6) is 2.90. The second kappa shape index (κ2) is 3.56. The average Bonchev–Trinajstić information content (AvgIpc) is 2.17. The number of fused-ring (bicyclic) bond motifs is 1. The van der Waals surface area contributed by atoms with Gasteiger partial charge in [-0.15, -0.1) is 6.42 Å². The highest BCUT2D eigenvalue weighted by molar-refractivity contribution is 5.16. The van der Waals surface area contributed by atoms with Crippen LogP contribution in [-0.2, 0) is 0 Å². The summed E-state index contributed by atoms with van der Waals surface area (Å²) in [6.45, 7) is 2.10. The van der Waals surface area contributed by atoms with E-state index >= 15 is 0 Å². The van der Waals surface area contributed by atoms with Crippen molar-refractivity contribution in [1.29, 1.82) is 0 Å². The predicted molar refractivity (Wildman–Crippen MR) is 56.7 cm³/mol. The Bertz CT molecular complexity index is 258. The quantitative estimate of drug-likeness (QED) is 0.568. The summed E-state index contributed by atoms with van der Waals surface area (Å²) in [7, 11) is 0. The van der Waals surface area contributed by atoms with E-state index in [0.717, 1.165) is 6.42 Å². The SMILES string of the molecule is C#C[C@]1(O)C[C@H](C)N[C@H]2CCCC[C@H]21. The Balaban J connectivity index is 2.20. The molecule has 0 spiro atoms. The van der Waals surface area contributed by atoms with E-state index in [1.807, 2.05) is 0 Å². The number of hydrogen-bond acceptors (Lipinski definition) is 2. The van der Waals surface area contributed by atoms with Crippen LogP contribution in [0.25, 0.3) is 0 Å². The minimum Gasteiger partial charge on any atom is -0.377 e.